The van der Waals surface area contributed by atoms with Crippen molar-refractivity contribution < 1.29 is 18.3 Å². The fourth-order valence-corrected chi connectivity index (χ4v) is 4.16. The molecule has 1 aliphatic rings. The van der Waals surface area contributed by atoms with Crippen molar-refractivity contribution in [3.63, 3.8) is 0 Å². The van der Waals surface area contributed by atoms with Gasteiger partial charge in [-0.3, -0.25) is 0 Å². The molecule has 1 saturated heterocycles. The molecule has 1 unspecified atom stereocenters. The first kappa shape index (κ1) is 16.0. The number of aryl methyl sites for hydroxylation is 1. The normalized spacial score (nSPS) is 20.0. The lowest BCUT2D eigenvalue weighted by Crippen LogP contribution is -2.29. The number of aromatic nitrogens is 1. The number of rotatable bonds is 6. The molecule has 0 aliphatic carbocycles. The topological polar surface area (TPSA) is 106 Å². The standard InChI is InChI=1S/C13H21N3O4S/c1-2-4-15-9-11(6-12(15)13(17)18)21(19,20)16-5-3-10(7-14)8-16/h6,9-10H,2-5,7-8,14H2,1H3,(H,17,18). The van der Waals surface area contributed by atoms with Crippen LogP contribution in [0.4, 0.5) is 0 Å². The molecule has 2 rings (SSSR count). The Bertz CT molecular complexity index is 623. The molecule has 0 radical (unpaired) electrons. The molecule has 0 saturated carbocycles. The van der Waals surface area contributed by atoms with E-state index in [-0.39, 0.29) is 16.5 Å². The highest BCUT2D eigenvalue weighted by Gasteiger charge is 2.33. The zero-order valence-corrected chi connectivity index (χ0v) is 12.8. The van der Waals surface area contributed by atoms with E-state index in [4.69, 9.17) is 5.73 Å². The molecule has 2 heterocycles. The minimum Gasteiger partial charge on any atom is -0.477 e. The van der Waals surface area contributed by atoms with Crippen LogP contribution < -0.4 is 5.73 Å². The van der Waals surface area contributed by atoms with Gasteiger partial charge in [-0.05, 0) is 31.4 Å². The Labute approximate surface area is 124 Å². The summed E-state index contributed by atoms with van der Waals surface area (Å²) < 4.78 is 28.0. The third-order valence-corrected chi connectivity index (χ3v) is 5.61. The van der Waals surface area contributed by atoms with Crippen molar-refractivity contribution in [3.05, 3.63) is 18.0 Å². The van der Waals surface area contributed by atoms with E-state index in [0.29, 0.717) is 26.2 Å². The van der Waals surface area contributed by atoms with Gasteiger partial charge in [-0.25, -0.2) is 13.2 Å². The lowest BCUT2D eigenvalue weighted by atomic mass is 10.1. The van der Waals surface area contributed by atoms with Crippen LogP contribution in [-0.4, -0.2) is 48.0 Å². The molecule has 1 aromatic rings. The smallest absolute Gasteiger partial charge is 0.352 e. The Balaban J connectivity index is 2.32. The number of hydrogen-bond donors (Lipinski definition) is 2. The first-order valence-electron chi connectivity index (χ1n) is 7.03. The number of nitrogens with zero attached hydrogens (tertiary/aromatic N) is 2. The first-order valence-corrected chi connectivity index (χ1v) is 8.47. The average Bonchev–Trinajstić information content (AvgIpc) is 3.05. The zero-order valence-electron chi connectivity index (χ0n) is 12.0. The van der Waals surface area contributed by atoms with Crippen molar-refractivity contribution in [3.8, 4) is 0 Å². The number of hydrogen-bond acceptors (Lipinski definition) is 4. The van der Waals surface area contributed by atoms with Crippen LogP contribution >= 0.6 is 0 Å². The number of carboxylic acid groups (broad SMARTS) is 1. The summed E-state index contributed by atoms with van der Waals surface area (Å²) in [4.78, 5) is 11.3. The molecule has 1 fully saturated rings. The van der Waals surface area contributed by atoms with Gasteiger partial charge in [0.05, 0.1) is 0 Å². The van der Waals surface area contributed by atoms with Crippen LogP contribution in [0.15, 0.2) is 17.2 Å². The Morgan fingerprint density at radius 3 is 2.76 bits per heavy atom. The maximum Gasteiger partial charge on any atom is 0.352 e. The summed E-state index contributed by atoms with van der Waals surface area (Å²) >= 11 is 0. The fourth-order valence-electron chi connectivity index (χ4n) is 2.59. The Morgan fingerprint density at radius 1 is 1.52 bits per heavy atom. The van der Waals surface area contributed by atoms with Crippen LogP contribution in [0.25, 0.3) is 0 Å². The second-order valence-corrected chi connectivity index (χ2v) is 7.25. The van der Waals surface area contributed by atoms with Crippen LogP contribution in [0.2, 0.25) is 0 Å². The second-order valence-electron chi connectivity index (χ2n) is 5.31. The van der Waals surface area contributed by atoms with Gasteiger partial charge in [0.25, 0.3) is 0 Å². The van der Waals surface area contributed by atoms with Gasteiger partial charge in [0.15, 0.2) is 0 Å². The summed E-state index contributed by atoms with van der Waals surface area (Å²) in [5, 5.41) is 9.17. The van der Waals surface area contributed by atoms with E-state index < -0.39 is 16.0 Å². The van der Waals surface area contributed by atoms with Gasteiger partial charge in [0.1, 0.15) is 10.6 Å². The van der Waals surface area contributed by atoms with Gasteiger partial charge in [-0.15, -0.1) is 0 Å². The minimum absolute atomic E-state index is 0.00463. The Morgan fingerprint density at radius 2 is 2.24 bits per heavy atom. The summed E-state index contributed by atoms with van der Waals surface area (Å²) in [5.41, 5.74) is 5.59. The highest BCUT2D eigenvalue weighted by atomic mass is 32.2. The molecule has 0 aromatic carbocycles. The maximum absolute atomic E-state index is 12.6. The molecular formula is C13H21N3O4S. The number of nitrogens with two attached hydrogens (primary N) is 1. The average molecular weight is 315 g/mol. The number of aromatic carboxylic acids is 1. The van der Waals surface area contributed by atoms with Crippen molar-refractivity contribution >= 4 is 16.0 Å². The molecule has 0 amide bonds. The third-order valence-electron chi connectivity index (χ3n) is 3.77. The van der Waals surface area contributed by atoms with Crippen molar-refractivity contribution in [2.45, 2.75) is 31.2 Å². The van der Waals surface area contributed by atoms with E-state index in [1.54, 1.807) is 0 Å². The number of sulfonamides is 1. The van der Waals surface area contributed by atoms with E-state index in [1.165, 1.54) is 21.1 Å². The van der Waals surface area contributed by atoms with Crippen LogP contribution in [0, 0.1) is 5.92 Å². The predicted molar refractivity (Wildman–Crippen MR) is 77.6 cm³/mol. The summed E-state index contributed by atoms with van der Waals surface area (Å²) in [7, 11) is -3.64. The van der Waals surface area contributed by atoms with Gasteiger partial charge < -0.3 is 15.4 Å². The lowest BCUT2D eigenvalue weighted by Gasteiger charge is -2.15. The van der Waals surface area contributed by atoms with Crippen molar-refractivity contribution in [2.75, 3.05) is 19.6 Å². The summed E-state index contributed by atoms with van der Waals surface area (Å²) in [6.07, 6.45) is 2.89. The maximum atomic E-state index is 12.6. The highest BCUT2D eigenvalue weighted by molar-refractivity contribution is 7.89. The lowest BCUT2D eigenvalue weighted by molar-refractivity contribution is 0.0685. The summed E-state index contributed by atoms with van der Waals surface area (Å²) in [5.74, 6) is -0.942. The van der Waals surface area contributed by atoms with E-state index in [2.05, 4.69) is 0 Å². The fraction of sp³-hybridized carbons (Fsp3) is 0.615. The number of carbonyl (C=O) groups is 1. The summed E-state index contributed by atoms with van der Waals surface area (Å²) in [6.45, 7) is 3.68. The molecule has 0 bridgehead atoms. The largest absolute Gasteiger partial charge is 0.477 e. The molecule has 1 atom stereocenters. The molecule has 7 nitrogen and oxygen atoms in total. The van der Waals surface area contributed by atoms with E-state index in [0.717, 1.165) is 12.8 Å². The molecular weight excluding hydrogens is 294 g/mol. The van der Waals surface area contributed by atoms with Crippen LogP contribution in [0.5, 0.6) is 0 Å². The molecule has 118 valence electrons. The van der Waals surface area contributed by atoms with Crippen molar-refractivity contribution in [1.29, 1.82) is 0 Å². The van der Waals surface area contributed by atoms with Gasteiger partial charge in [-0.2, -0.15) is 4.31 Å². The van der Waals surface area contributed by atoms with E-state index in [1.807, 2.05) is 6.92 Å². The third kappa shape index (κ3) is 3.12. The second kappa shape index (κ2) is 6.17. The predicted octanol–water partition coefficient (Wildman–Crippen LogP) is 0.566. The molecule has 3 N–H and O–H groups in total. The van der Waals surface area contributed by atoms with E-state index in [9.17, 15) is 18.3 Å². The molecule has 1 aliphatic heterocycles. The van der Waals surface area contributed by atoms with Crippen molar-refractivity contribution in [1.82, 2.24) is 8.87 Å². The van der Waals surface area contributed by atoms with Gasteiger partial charge in [0, 0.05) is 25.8 Å². The van der Waals surface area contributed by atoms with Gasteiger partial charge >= 0.3 is 5.97 Å². The monoisotopic (exact) mass is 315 g/mol. The van der Waals surface area contributed by atoms with E-state index >= 15 is 0 Å². The highest BCUT2D eigenvalue weighted by Crippen LogP contribution is 2.25. The molecule has 21 heavy (non-hydrogen) atoms. The first-order chi connectivity index (χ1) is 9.90. The van der Waals surface area contributed by atoms with Crippen molar-refractivity contribution in [2.24, 2.45) is 11.7 Å². The quantitative estimate of drug-likeness (QED) is 0.798. The van der Waals surface area contributed by atoms with Crippen LogP contribution in [0.1, 0.15) is 30.3 Å². The Hall–Kier alpha value is -1.38. The van der Waals surface area contributed by atoms with Gasteiger partial charge in [0.2, 0.25) is 10.0 Å². The Kier molecular flexibility index (Phi) is 4.70. The molecule has 8 heteroatoms. The number of carboxylic acids is 1. The minimum atomic E-state index is -3.64. The van der Waals surface area contributed by atoms with Crippen LogP contribution in [-0.2, 0) is 16.6 Å². The van der Waals surface area contributed by atoms with Gasteiger partial charge in [-0.1, -0.05) is 6.92 Å². The molecule has 0 spiro atoms. The zero-order chi connectivity index (χ0) is 15.6. The summed E-state index contributed by atoms with van der Waals surface area (Å²) in [6, 6.07) is 1.24. The SMILES string of the molecule is CCCn1cc(S(=O)(=O)N2CCC(CN)C2)cc1C(=O)O. The van der Waals surface area contributed by atoms with Crippen LogP contribution in [0.3, 0.4) is 0 Å². The molecule has 1 aromatic heterocycles.